The minimum Gasteiger partial charge on any atom is -0.394 e. The average molecular weight is 1010 g/mol. The van der Waals surface area contributed by atoms with Gasteiger partial charge in [0, 0.05) is 6.42 Å². The molecule has 0 fully saturated rings. The van der Waals surface area contributed by atoms with E-state index in [0.29, 0.717) is 6.42 Å². The van der Waals surface area contributed by atoms with E-state index in [-0.39, 0.29) is 12.5 Å². The first-order chi connectivity index (χ1) is 36.2. The molecule has 0 aromatic rings. The van der Waals surface area contributed by atoms with E-state index < -0.39 is 12.1 Å². The van der Waals surface area contributed by atoms with Crippen LogP contribution in [-0.4, -0.2) is 34.9 Å². The Morgan fingerprint density at radius 1 is 0.342 bits per heavy atom. The topological polar surface area (TPSA) is 69.6 Å². The fourth-order valence-corrected chi connectivity index (χ4v) is 8.44. The van der Waals surface area contributed by atoms with E-state index in [1.54, 1.807) is 6.08 Å². The summed E-state index contributed by atoms with van der Waals surface area (Å²) < 4.78 is 0. The first kappa shape index (κ1) is 69.3. The molecule has 2 atom stereocenters. The lowest BCUT2D eigenvalue weighted by Gasteiger charge is -2.19. The minimum absolute atomic E-state index is 0.0836. The molecule has 0 aromatic carbocycles. The fourth-order valence-electron chi connectivity index (χ4n) is 8.44. The van der Waals surface area contributed by atoms with Crippen LogP contribution in [0.5, 0.6) is 0 Å². The van der Waals surface area contributed by atoms with Crippen molar-refractivity contribution in [3.63, 3.8) is 0 Å². The molecule has 0 bridgehead atoms. The highest BCUT2D eigenvalue weighted by atomic mass is 16.3. The van der Waals surface area contributed by atoms with Crippen molar-refractivity contribution in [2.24, 2.45) is 0 Å². The molecule has 0 saturated carbocycles. The maximum atomic E-state index is 12.5. The SMILES string of the molecule is CC/C=C\C/C=C\C/C=C\C/C=C\C/C=C\C/C=C\C/C=C\C/C=C\C/C=C\CCCCCCCCCCCCCCCC(=O)NC(CO)C(O)/C=C/CC/C=C/CC/C=C/CCCCCCCCCCCC. The van der Waals surface area contributed by atoms with Gasteiger partial charge in [-0.2, -0.15) is 0 Å². The second kappa shape index (κ2) is 62.6. The number of rotatable bonds is 54. The number of unbranched alkanes of at least 4 members (excludes halogenated alkanes) is 25. The monoisotopic (exact) mass is 1010 g/mol. The van der Waals surface area contributed by atoms with Gasteiger partial charge in [0.25, 0.3) is 0 Å². The molecular formula is C69H115NO3. The van der Waals surface area contributed by atoms with Gasteiger partial charge in [-0.15, -0.1) is 0 Å². The molecule has 0 aliphatic rings. The molecule has 414 valence electrons. The number of allylic oxidation sites excluding steroid dienone is 23. The number of aliphatic hydroxyl groups is 2. The molecule has 1 amide bonds. The molecule has 73 heavy (non-hydrogen) atoms. The smallest absolute Gasteiger partial charge is 0.220 e. The number of carbonyl (C=O) groups excluding carboxylic acids is 1. The van der Waals surface area contributed by atoms with Gasteiger partial charge in [-0.05, 0) is 116 Å². The Kier molecular flexibility index (Phi) is 59.4. The lowest BCUT2D eigenvalue weighted by atomic mass is 10.0. The Labute approximate surface area is 453 Å². The molecule has 4 nitrogen and oxygen atoms in total. The van der Waals surface area contributed by atoms with E-state index in [9.17, 15) is 15.0 Å². The first-order valence-corrected chi connectivity index (χ1v) is 30.5. The number of carbonyl (C=O) groups is 1. The van der Waals surface area contributed by atoms with Gasteiger partial charge < -0.3 is 15.5 Å². The van der Waals surface area contributed by atoms with Crippen molar-refractivity contribution in [1.29, 1.82) is 0 Å². The van der Waals surface area contributed by atoms with Crippen LogP contribution in [0.25, 0.3) is 0 Å². The van der Waals surface area contributed by atoms with E-state index in [2.05, 4.69) is 153 Å². The lowest BCUT2D eigenvalue weighted by Crippen LogP contribution is -2.45. The Bertz CT molecular complexity index is 1510. The quantitative estimate of drug-likeness (QED) is 0.0420. The Hall–Kier alpha value is -3.73. The van der Waals surface area contributed by atoms with E-state index in [4.69, 9.17) is 0 Å². The van der Waals surface area contributed by atoms with E-state index >= 15 is 0 Å². The van der Waals surface area contributed by atoms with Crippen molar-refractivity contribution in [3.8, 4) is 0 Å². The molecule has 0 saturated heterocycles. The highest BCUT2D eigenvalue weighted by molar-refractivity contribution is 5.76. The number of amides is 1. The molecule has 0 spiro atoms. The zero-order valence-electron chi connectivity index (χ0n) is 47.6. The van der Waals surface area contributed by atoms with Crippen LogP contribution in [0, 0.1) is 0 Å². The number of nitrogens with one attached hydrogen (secondary N) is 1. The molecule has 4 heteroatoms. The summed E-state index contributed by atoms with van der Waals surface area (Å²) in [7, 11) is 0. The van der Waals surface area contributed by atoms with Gasteiger partial charge in [0.1, 0.15) is 0 Å². The molecule has 0 rings (SSSR count). The van der Waals surface area contributed by atoms with Crippen LogP contribution in [0.4, 0.5) is 0 Å². The van der Waals surface area contributed by atoms with Gasteiger partial charge in [-0.3, -0.25) is 4.79 Å². The van der Waals surface area contributed by atoms with Gasteiger partial charge in [0.2, 0.25) is 5.91 Å². The Morgan fingerprint density at radius 3 is 0.959 bits per heavy atom. The zero-order valence-corrected chi connectivity index (χ0v) is 47.6. The van der Waals surface area contributed by atoms with Gasteiger partial charge in [0.15, 0.2) is 0 Å². The van der Waals surface area contributed by atoms with Crippen molar-refractivity contribution in [3.05, 3.63) is 146 Å². The summed E-state index contributed by atoms with van der Waals surface area (Å²) in [6.45, 7) is 4.18. The summed E-state index contributed by atoms with van der Waals surface area (Å²) in [5, 5.41) is 23.1. The molecule has 2 unspecified atom stereocenters. The molecule has 3 N–H and O–H groups in total. The average Bonchev–Trinajstić information content (AvgIpc) is 3.40. The Morgan fingerprint density at radius 2 is 0.616 bits per heavy atom. The van der Waals surface area contributed by atoms with E-state index in [1.165, 1.54) is 148 Å². The summed E-state index contributed by atoms with van der Waals surface area (Å²) in [5.74, 6) is -0.0836. The summed E-state index contributed by atoms with van der Waals surface area (Å²) >= 11 is 0. The van der Waals surface area contributed by atoms with Crippen LogP contribution < -0.4 is 5.32 Å². The molecule has 0 aliphatic heterocycles. The predicted molar refractivity (Wildman–Crippen MR) is 326 cm³/mol. The van der Waals surface area contributed by atoms with Gasteiger partial charge in [-0.25, -0.2) is 0 Å². The maximum Gasteiger partial charge on any atom is 0.220 e. The van der Waals surface area contributed by atoms with E-state index in [0.717, 1.165) is 96.3 Å². The van der Waals surface area contributed by atoms with Crippen molar-refractivity contribution in [1.82, 2.24) is 5.32 Å². The van der Waals surface area contributed by atoms with Crippen molar-refractivity contribution >= 4 is 5.91 Å². The van der Waals surface area contributed by atoms with Gasteiger partial charge in [0.05, 0.1) is 18.8 Å². The zero-order chi connectivity index (χ0) is 52.7. The van der Waals surface area contributed by atoms with Crippen LogP contribution in [0.2, 0.25) is 0 Å². The van der Waals surface area contributed by atoms with Crippen molar-refractivity contribution in [2.75, 3.05) is 6.61 Å². The maximum absolute atomic E-state index is 12.5. The normalized spacial score (nSPS) is 13.9. The second-order valence-corrected chi connectivity index (χ2v) is 20.0. The highest BCUT2D eigenvalue weighted by Crippen LogP contribution is 2.15. The summed E-state index contributed by atoms with van der Waals surface area (Å²) in [6, 6.07) is -0.656. The number of hydrogen-bond donors (Lipinski definition) is 3. The minimum atomic E-state index is -0.880. The fraction of sp³-hybridized carbons (Fsp3) is 0.638. The molecular weight excluding hydrogens is 891 g/mol. The van der Waals surface area contributed by atoms with Crippen molar-refractivity contribution in [2.45, 2.75) is 276 Å². The van der Waals surface area contributed by atoms with Gasteiger partial charge >= 0.3 is 0 Å². The van der Waals surface area contributed by atoms with Gasteiger partial charge in [-0.1, -0.05) is 288 Å². The highest BCUT2D eigenvalue weighted by Gasteiger charge is 2.18. The molecule has 0 aromatic heterocycles. The summed E-state index contributed by atoms with van der Waals surface area (Å²) in [5.41, 5.74) is 0. The molecule has 0 radical (unpaired) electrons. The molecule has 0 heterocycles. The largest absolute Gasteiger partial charge is 0.394 e. The van der Waals surface area contributed by atoms with Crippen LogP contribution in [0.3, 0.4) is 0 Å². The van der Waals surface area contributed by atoms with Crippen LogP contribution in [0.1, 0.15) is 264 Å². The van der Waals surface area contributed by atoms with Crippen LogP contribution in [-0.2, 0) is 4.79 Å². The van der Waals surface area contributed by atoms with E-state index in [1.807, 2.05) is 6.08 Å². The third-order valence-electron chi connectivity index (χ3n) is 13.0. The Balaban J connectivity index is 3.61. The second-order valence-electron chi connectivity index (χ2n) is 20.0. The standard InChI is InChI=1S/C69H115NO3/c1-3-5-7-9-11-13-15-17-19-21-23-25-26-27-28-29-30-31-32-33-34-35-36-37-38-39-40-41-42-43-44-45-47-49-51-53-55-57-59-61-63-65-69(73)70-67(66-71)68(72)64-62-60-58-56-54-52-50-48-46-24-22-20-18-16-14-12-10-8-6-4-2/h5,7,11,13,17,19,23,25,27-28,30-31,33-34,36-37,39-40,46,48,54,56,62,64,67-68,71-72H,3-4,6,8-10,12,14-16,18,20-22,24,26,29,32,35,38,41-45,47,49-53,55,57-61,63,65-66H2,1-2H3,(H,70,73)/b7-5-,13-11-,19-17-,25-23-,28-27-,31-30-,34-33-,37-36-,40-39-,48-46+,56-54+,64-62+. The number of hydrogen-bond acceptors (Lipinski definition) is 3. The van der Waals surface area contributed by atoms with Crippen LogP contribution in [0.15, 0.2) is 146 Å². The third-order valence-corrected chi connectivity index (χ3v) is 13.0. The summed E-state index contributed by atoms with van der Waals surface area (Å²) in [4.78, 5) is 12.5. The first-order valence-electron chi connectivity index (χ1n) is 30.5. The molecule has 0 aliphatic carbocycles. The lowest BCUT2D eigenvalue weighted by molar-refractivity contribution is -0.123. The van der Waals surface area contributed by atoms with Crippen LogP contribution >= 0.6 is 0 Å². The third kappa shape index (κ3) is 59.0. The predicted octanol–water partition coefficient (Wildman–Crippen LogP) is 20.8. The number of aliphatic hydroxyl groups excluding tert-OH is 2. The summed E-state index contributed by atoms with van der Waals surface area (Å²) in [6.07, 6.45) is 98.8. The van der Waals surface area contributed by atoms with Crippen molar-refractivity contribution < 1.29 is 15.0 Å².